The summed E-state index contributed by atoms with van der Waals surface area (Å²) in [6, 6.07) is 45.7. The van der Waals surface area contributed by atoms with E-state index >= 15 is 0 Å². The van der Waals surface area contributed by atoms with Gasteiger partial charge in [-0.15, -0.1) is 0 Å². The zero-order valence-electron chi connectivity index (χ0n) is 16.2. The zero-order chi connectivity index (χ0) is 19.7. The number of para-hydroxylation sites is 1. The van der Waals surface area contributed by atoms with Crippen molar-refractivity contribution in [2.75, 3.05) is 5.32 Å². The highest BCUT2D eigenvalue weighted by molar-refractivity contribution is 5.95. The lowest BCUT2D eigenvalue weighted by atomic mass is 10.1. The van der Waals surface area contributed by atoms with Gasteiger partial charge in [0.2, 0.25) is 0 Å². The lowest BCUT2D eigenvalue weighted by Crippen LogP contribution is -1.90. The molecule has 0 bridgehead atoms. The Morgan fingerprint density at radius 3 is 1.48 bits per heavy atom. The highest BCUT2D eigenvalue weighted by Gasteiger charge is 1.99. The molecule has 0 aromatic heterocycles. The number of anilines is 2. The largest absolute Gasteiger partial charge is 0.355 e. The van der Waals surface area contributed by atoms with Crippen LogP contribution in [0.3, 0.4) is 0 Å². The molecule has 5 aromatic rings. The van der Waals surface area contributed by atoms with Crippen molar-refractivity contribution in [3.05, 3.63) is 133 Å². The third kappa shape index (κ3) is 4.91. The van der Waals surface area contributed by atoms with Crippen molar-refractivity contribution in [1.82, 2.24) is 0 Å². The van der Waals surface area contributed by atoms with E-state index in [1.807, 2.05) is 30.3 Å². The highest BCUT2D eigenvalue weighted by atomic mass is 14.9. The Labute approximate surface area is 172 Å². The quantitative estimate of drug-likeness (QED) is 0.338. The molecule has 0 saturated carbocycles. The fourth-order valence-corrected chi connectivity index (χ4v) is 3.27. The summed E-state index contributed by atoms with van der Waals surface area (Å²) in [4.78, 5) is 0. The molecule has 0 aliphatic carbocycles. The van der Waals surface area contributed by atoms with E-state index in [2.05, 4.69) is 108 Å². The molecule has 0 radical (unpaired) electrons. The van der Waals surface area contributed by atoms with Gasteiger partial charge >= 0.3 is 0 Å². The van der Waals surface area contributed by atoms with Crippen LogP contribution in [-0.2, 0) is 0 Å². The van der Waals surface area contributed by atoms with Gasteiger partial charge in [-0.05, 0) is 34.7 Å². The molecule has 0 aliphatic heterocycles. The highest BCUT2D eigenvalue weighted by Crippen LogP contribution is 2.26. The monoisotopic (exact) mass is 373 g/mol. The minimum absolute atomic E-state index is 1.11. The second-order valence-corrected chi connectivity index (χ2v) is 6.75. The van der Waals surface area contributed by atoms with E-state index in [-0.39, 0.29) is 0 Å². The molecule has 1 nitrogen and oxygen atoms in total. The van der Waals surface area contributed by atoms with Crippen LogP contribution in [0.25, 0.3) is 21.9 Å². The molecule has 5 aromatic carbocycles. The molecule has 1 heteroatoms. The van der Waals surface area contributed by atoms with Gasteiger partial charge in [-0.25, -0.2) is 0 Å². The van der Waals surface area contributed by atoms with Crippen LogP contribution in [0.1, 0.15) is 0 Å². The minimum Gasteiger partial charge on any atom is -0.355 e. The second kappa shape index (κ2) is 9.38. The Kier molecular flexibility index (Phi) is 5.99. The molecule has 1 N–H and O–H groups in total. The maximum absolute atomic E-state index is 3.45. The molecule has 0 spiro atoms. The predicted octanol–water partition coefficient (Wildman–Crippen LogP) is 7.94. The molecular weight excluding hydrogens is 350 g/mol. The standard InChI is InChI=1S/C16H13N.C12H10/c1-2-9-14(10-3-1)17-16-12-6-8-13-7-4-5-11-15(13)16;1-3-7-11(8-4-1)12-9-5-2-6-10-12/h1-12,17H;1-10H. The van der Waals surface area contributed by atoms with Gasteiger partial charge in [0, 0.05) is 16.8 Å². The van der Waals surface area contributed by atoms with Crippen LogP contribution in [0.15, 0.2) is 133 Å². The molecule has 140 valence electrons. The van der Waals surface area contributed by atoms with Crippen LogP contribution in [-0.4, -0.2) is 0 Å². The van der Waals surface area contributed by atoms with Crippen molar-refractivity contribution >= 4 is 22.1 Å². The van der Waals surface area contributed by atoms with E-state index < -0.39 is 0 Å². The van der Waals surface area contributed by atoms with Crippen LogP contribution in [0.4, 0.5) is 11.4 Å². The smallest absolute Gasteiger partial charge is 0.0463 e. The number of fused-ring (bicyclic) bond motifs is 1. The lowest BCUT2D eigenvalue weighted by Gasteiger charge is -2.09. The van der Waals surface area contributed by atoms with Crippen LogP contribution in [0.5, 0.6) is 0 Å². The van der Waals surface area contributed by atoms with Crippen molar-refractivity contribution in [1.29, 1.82) is 0 Å². The van der Waals surface area contributed by atoms with Crippen molar-refractivity contribution in [2.45, 2.75) is 0 Å². The lowest BCUT2D eigenvalue weighted by molar-refractivity contribution is 1.58. The third-order valence-electron chi connectivity index (χ3n) is 4.72. The maximum atomic E-state index is 3.45. The van der Waals surface area contributed by atoms with Crippen LogP contribution >= 0.6 is 0 Å². The molecule has 0 heterocycles. The predicted molar refractivity (Wildman–Crippen MR) is 126 cm³/mol. The van der Waals surface area contributed by atoms with Crippen LogP contribution in [0, 0.1) is 0 Å². The van der Waals surface area contributed by atoms with Crippen LogP contribution in [0.2, 0.25) is 0 Å². The Bertz CT molecular complexity index is 1110. The van der Waals surface area contributed by atoms with Crippen molar-refractivity contribution in [2.24, 2.45) is 0 Å². The summed E-state index contributed by atoms with van der Waals surface area (Å²) < 4.78 is 0. The summed E-state index contributed by atoms with van der Waals surface area (Å²) in [6.07, 6.45) is 0. The van der Waals surface area contributed by atoms with E-state index in [1.54, 1.807) is 0 Å². The van der Waals surface area contributed by atoms with E-state index in [0.29, 0.717) is 0 Å². The van der Waals surface area contributed by atoms with Crippen LogP contribution < -0.4 is 5.32 Å². The SMILES string of the molecule is c1ccc(-c2ccccc2)cc1.c1ccc(Nc2cccc3ccccc23)cc1. The van der Waals surface area contributed by atoms with Gasteiger partial charge in [0.1, 0.15) is 0 Å². The summed E-state index contributed by atoms with van der Waals surface area (Å²) in [5.41, 5.74) is 4.81. The first-order valence-electron chi connectivity index (χ1n) is 9.80. The second-order valence-electron chi connectivity index (χ2n) is 6.75. The number of hydrogen-bond donors (Lipinski definition) is 1. The van der Waals surface area contributed by atoms with E-state index in [9.17, 15) is 0 Å². The summed E-state index contributed by atoms with van der Waals surface area (Å²) in [5.74, 6) is 0. The van der Waals surface area contributed by atoms with Gasteiger partial charge in [0.15, 0.2) is 0 Å². The minimum atomic E-state index is 1.11. The van der Waals surface area contributed by atoms with Gasteiger partial charge in [-0.3, -0.25) is 0 Å². The van der Waals surface area contributed by atoms with Gasteiger partial charge in [0.05, 0.1) is 0 Å². The summed E-state index contributed by atoms with van der Waals surface area (Å²) in [6.45, 7) is 0. The summed E-state index contributed by atoms with van der Waals surface area (Å²) in [7, 11) is 0. The molecule has 0 fully saturated rings. The number of hydrogen-bond acceptors (Lipinski definition) is 1. The Hall–Kier alpha value is -3.84. The molecular formula is C28H23N. The van der Waals surface area contributed by atoms with Crippen molar-refractivity contribution < 1.29 is 0 Å². The topological polar surface area (TPSA) is 12.0 Å². The molecule has 29 heavy (non-hydrogen) atoms. The Morgan fingerprint density at radius 1 is 0.379 bits per heavy atom. The normalized spacial score (nSPS) is 10.1. The fourth-order valence-electron chi connectivity index (χ4n) is 3.27. The van der Waals surface area contributed by atoms with Gasteiger partial charge in [0.25, 0.3) is 0 Å². The molecule has 0 aliphatic rings. The van der Waals surface area contributed by atoms with Crippen molar-refractivity contribution in [3.63, 3.8) is 0 Å². The van der Waals surface area contributed by atoms with Gasteiger partial charge in [-0.2, -0.15) is 0 Å². The molecule has 0 amide bonds. The Morgan fingerprint density at radius 2 is 0.862 bits per heavy atom. The number of rotatable bonds is 3. The fraction of sp³-hybridized carbons (Fsp3) is 0. The van der Waals surface area contributed by atoms with Crippen molar-refractivity contribution in [3.8, 4) is 11.1 Å². The first-order valence-corrected chi connectivity index (χ1v) is 9.80. The molecule has 0 atom stereocenters. The molecule has 5 rings (SSSR count). The first kappa shape index (κ1) is 18.5. The molecule has 0 saturated heterocycles. The van der Waals surface area contributed by atoms with Gasteiger partial charge < -0.3 is 5.32 Å². The van der Waals surface area contributed by atoms with Gasteiger partial charge in [-0.1, -0.05) is 115 Å². The molecule has 0 unspecified atom stereocenters. The zero-order valence-corrected chi connectivity index (χ0v) is 16.2. The summed E-state index contributed by atoms with van der Waals surface area (Å²) >= 11 is 0. The average Bonchev–Trinajstić information content (AvgIpc) is 2.82. The Balaban J connectivity index is 0.000000150. The van der Waals surface area contributed by atoms with E-state index in [1.165, 1.54) is 21.9 Å². The number of benzene rings is 5. The van der Waals surface area contributed by atoms with E-state index in [0.717, 1.165) is 11.4 Å². The average molecular weight is 373 g/mol. The third-order valence-corrected chi connectivity index (χ3v) is 4.72. The maximum Gasteiger partial charge on any atom is 0.0463 e. The first-order chi connectivity index (χ1) is 14.4. The summed E-state index contributed by atoms with van der Waals surface area (Å²) in [5, 5.41) is 5.95. The number of nitrogens with one attached hydrogen (secondary N) is 1. The van der Waals surface area contributed by atoms with E-state index in [4.69, 9.17) is 0 Å².